The summed E-state index contributed by atoms with van der Waals surface area (Å²) in [5.74, 6) is 0.330. The zero-order valence-electron chi connectivity index (χ0n) is 10.8. The SMILES string of the molecule is CN(C)CCN1C(N)=NCC1c1cccc(F)c1. The lowest BCUT2D eigenvalue weighted by Crippen LogP contribution is -2.40. The first-order valence-corrected chi connectivity index (χ1v) is 6.04. The Labute approximate surface area is 107 Å². The maximum atomic E-state index is 13.3. The Hall–Kier alpha value is -1.62. The fourth-order valence-electron chi connectivity index (χ4n) is 2.11. The van der Waals surface area contributed by atoms with Gasteiger partial charge < -0.3 is 15.5 Å². The largest absolute Gasteiger partial charge is 0.370 e. The fraction of sp³-hybridized carbons (Fsp3) is 0.462. The first-order valence-electron chi connectivity index (χ1n) is 6.04. The van der Waals surface area contributed by atoms with E-state index in [-0.39, 0.29) is 11.9 Å². The van der Waals surface area contributed by atoms with Gasteiger partial charge in [0.25, 0.3) is 0 Å². The van der Waals surface area contributed by atoms with E-state index < -0.39 is 0 Å². The lowest BCUT2D eigenvalue weighted by atomic mass is 10.1. The molecule has 1 aliphatic heterocycles. The normalized spacial score (nSPS) is 19.4. The van der Waals surface area contributed by atoms with Gasteiger partial charge in [-0.05, 0) is 31.8 Å². The van der Waals surface area contributed by atoms with Crippen LogP contribution in [0.3, 0.4) is 0 Å². The molecule has 0 amide bonds. The zero-order valence-corrected chi connectivity index (χ0v) is 10.8. The number of likely N-dealkylation sites (N-methyl/N-ethyl adjacent to an activating group) is 1. The molecule has 0 aromatic heterocycles. The monoisotopic (exact) mass is 250 g/mol. The average molecular weight is 250 g/mol. The number of hydrogen-bond acceptors (Lipinski definition) is 4. The zero-order chi connectivity index (χ0) is 13.1. The highest BCUT2D eigenvalue weighted by Crippen LogP contribution is 2.25. The van der Waals surface area contributed by atoms with E-state index in [1.54, 1.807) is 12.1 Å². The predicted octanol–water partition coefficient (Wildman–Crippen LogP) is 1.06. The van der Waals surface area contributed by atoms with Crippen molar-refractivity contribution in [3.63, 3.8) is 0 Å². The molecule has 1 aromatic rings. The number of rotatable bonds is 4. The van der Waals surface area contributed by atoms with Gasteiger partial charge in [-0.15, -0.1) is 0 Å². The molecule has 1 atom stereocenters. The molecule has 2 rings (SSSR count). The molecule has 1 aromatic carbocycles. The van der Waals surface area contributed by atoms with Crippen LogP contribution < -0.4 is 5.73 Å². The highest BCUT2D eigenvalue weighted by molar-refractivity contribution is 5.80. The number of nitrogens with zero attached hydrogens (tertiary/aromatic N) is 3. The molecule has 1 unspecified atom stereocenters. The Bertz CT molecular complexity index is 444. The summed E-state index contributed by atoms with van der Waals surface area (Å²) in [6.07, 6.45) is 0. The molecule has 1 heterocycles. The molecule has 0 saturated carbocycles. The van der Waals surface area contributed by atoms with Gasteiger partial charge in [-0.1, -0.05) is 12.1 Å². The van der Waals surface area contributed by atoms with Crippen molar-refractivity contribution >= 4 is 5.96 Å². The summed E-state index contributed by atoms with van der Waals surface area (Å²) in [5.41, 5.74) is 6.82. The molecule has 1 aliphatic rings. The Balaban J connectivity index is 2.12. The number of guanidine groups is 1. The molecule has 0 spiro atoms. The van der Waals surface area contributed by atoms with E-state index in [4.69, 9.17) is 5.73 Å². The van der Waals surface area contributed by atoms with Crippen molar-refractivity contribution in [1.82, 2.24) is 9.80 Å². The van der Waals surface area contributed by atoms with Crippen molar-refractivity contribution in [1.29, 1.82) is 0 Å². The fourth-order valence-corrected chi connectivity index (χ4v) is 2.11. The van der Waals surface area contributed by atoms with Crippen LogP contribution in [0, 0.1) is 5.82 Å². The van der Waals surface area contributed by atoms with Gasteiger partial charge in [-0.2, -0.15) is 0 Å². The van der Waals surface area contributed by atoms with Gasteiger partial charge in [-0.3, -0.25) is 4.99 Å². The van der Waals surface area contributed by atoms with E-state index in [9.17, 15) is 4.39 Å². The third kappa shape index (κ3) is 2.79. The minimum Gasteiger partial charge on any atom is -0.370 e. The Morgan fingerprint density at radius 1 is 1.50 bits per heavy atom. The number of benzene rings is 1. The summed E-state index contributed by atoms with van der Waals surface area (Å²) in [6, 6.07) is 6.71. The second kappa shape index (κ2) is 5.35. The van der Waals surface area contributed by atoms with Crippen LogP contribution in [0.5, 0.6) is 0 Å². The topological polar surface area (TPSA) is 44.9 Å². The van der Waals surface area contributed by atoms with E-state index in [0.717, 1.165) is 18.7 Å². The molecule has 0 aliphatic carbocycles. The summed E-state index contributed by atoms with van der Waals surface area (Å²) >= 11 is 0. The van der Waals surface area contributed by atoms with Crippen molar-refractivity contribution in [3.8, 4) is 0 Å². The van der Waals surface area contributed by atoms with Crippen LogP contribution in [0.4, 0.5) is 4.39 Å². The molecule has 0 bridgehead atoms. The van der Waals surface area contributed by atoms with Crippen LogP contribution in [0.2, 0.25) is 0 Å². The third-order valence-corrected chi connectivity index (χ3v) is 3.12. The second-order valence-electron chi connectivity index (χ2n) is 4.77. The van der Waals surface area contributed by atoms with Crippen molar-refractivity contribution in [2.24, 2.45) is 10.7 Å². The van der Waals surface area contributed by atoms with Crippen molar-refractivity contribution in [3.05, 3.63) is 35.6 Å². The summed E-state index contributed by atoms with van der Waals surface area (Å²) < 4.78 is 13.3. The lowest BCUT2D eigenvalue weighted by Gasteiger charge is -2.27. The first kappa shape index (κ1) is 12.8. The highest BCUT2D eigenvalue weighted by atomic mass is 19.1. The van der Waals surface area contributed by atoms with E-state index in [0.29, 0.717) is 12.5 Å². The van der Waals surface area contributed by atoms with Gasteiger partial charge in [0, 0.05) is 13.1 Å². The molecule has 0 fully saturated rings. The average Bonchev–Trinajstić information content (AvgIpc) is 2.68. The first-order chi connectivity index (χ1) is 8.58. The van der Waals surface area contributed by atoms with Crippen LogP contribution in [-0.2, 0) is 0 Å². The Morgan fingerprint density at radius 2 is 2.28 bits per heavy atom. The molecule has 98 valence electrons. The van der Waals surface area contributed by atoms with E-state index in [1.165, 1.54) is 6.07 Å². The molecule has 18 heavy (non-hydrogen) atoms. The molecular weight excluding hydrogens is 231 g/mol. The lowest BCUT2D eigenvalue weighted by molar-refractivity contribution is 0.293. The van der Waals surface area contributed by atoms with E-state index in [2.05, 4.69) is 9.89 Å². The third-order valence-electron chi connectivity index (χ3n) is 3.12. The van der Waals surface area contributed by atoms with Gasteiger partial charge in [0.1, 0.15) is 5.82 Å². The van der Waals surface area contributed by atoms with Crippen LogP contribution >= 0.6 is 0 Å². The summed E-state index contributed by atoms with van der Waals surface area (Å²) in [7, 11) is 4.03. The van der Waals surface area contributed by atoms with E-state index in [1.807, 2.05) is 25.1 Å². The number of aliphatic imine (C=N–C) groups is 1. The minimum atomic E-state index is -0.217. The highest BCUT2D eigenvalue weighted by Gasteiger charge is 2.27. The van der Waals surface area contributed by atoms with Crippen LogP contribution in [0.25, 0.3) is 0 Å². The van der Waals surface area contributed by atoms with Crippen molar-refractivity contribution in [2.45, 2.75) is 6.04 Å². The van der Waals surface area contributed by atoms with Gasteiger partial charge in [0.2, 0.25) is 0 Å². The standard InChI is InChI=1S/C13H19FN4/c1-17(2)6-7-18-12(9-16-13(18)15)10-4-3-5-11(14)8-10/h3-5,8,12H,6-7,9H2,1-2H3,(H2,15,16). The summed E-state index contributed by atoms with van der Waals surface area (Å²) in [6.45, 7) is 2.29. The Morgan fingerprint density at radius 3 is 2.94 bits per heavy atom. The predicted molar refractivity (Wildman–Crippen MR) is 70.9 cm³/mol. The quantitative estimate of drug-likeness (QED) is 0.869. The maximum absolute atomic E-state index is 13.3. The second-order valence-corrected chi connectivity index (χ2v) is 4.77. The molecule has 0 radical (unpaired) electrons. The van der Waals surface area contributed by atoms with Gasteiger partial charge in [-0.25, -0.2) is 4.39 Å². The molecular formula is C13H19FN4. The maximum Gasteiger partial charge on any atom is 0.191 e. The smallest absolute Gasteiger partial charge is 0.191 e. The van der Waals surface area contributed by atoms with Crippen LogP contribution in [0.15, 0.2) is 29.3 Å². The van der Waals surface area contributed by atoms with Gasteiger partial charge >= 0.3 is 0 Å². The van der Waals surface area contributed by atoms with Crippen molar-refractivity contribution in [2.75, 3.05) is 33.7 Å². The molecule has 0 saturated heterocycles. The number of nitrogens with two attached hydrogens (primary N) is 1. The minimum absolute atomic E-state index is 0.0562. The van der Waals surface area contributed by atoms with Gasteiger partial charge in [0.05, 0.1) is 12.6 Å². The van der Waals surface area contributed by atoms with Gasteiger partial charge in [0.15, 0.2) is 5.96 Å². The number of hydrogen-bond donors (Lipinski definition) is 1. The summed E-state index contributed by atoms with van der Waals surface area (Å²) in [4.78, 5) is 8.39. The van der Waals surface area contributed by atoms with Crippen LogP contribution in [-0.4, -0.2) is 49.5 Å². The molecule has 5 heteroatoms. The van der Waals surface area contributed by atoms with Crippen molar-refractivity contribution < 1.29 is 4.39 Å². The molecule has 2 N–H and O–H groups in total. The molecule has 4 nitrogen and oxygen atoms in total. The number of halogens is 1. The summed E-state index contributed by atoms with van der Waals surface area (Å²) in [5, 5.41) is 0. The Kier molecular flexibility index (Phi) is 3.81. The van der Waals surface area contributed by atoms with E-state index >= 15 is 0 Å². The van der Waals surface area contributed by atoms with Crippen LogP contribution in [0.1, 0.15) is 11.6 Å².